The van der Waals surface area contributed by atoms with Gasteiger partial charge in [0, 0.05) is 6.54 Å². The van der Waals surface area contributed by atoms with Gasteiger partial charge in [0.15, 0.2) is 0 Å². The molecule has 0 spiro atoms. The molecule has 0 bridgehead atoms. The van der Waals surface area contributed by atoms with Crippen LogP contribution in [0.1, 0.15) is 67.2 Å². The number of fused-ring (bicyclic) bond motifs is 1. The molecule has 0 fully saturated rings. The second kappa shape index (κ2) is 8.08. The van der Waals surface area contributed by atoms with Gasteiger partial charge in [0.2, 0.25) is 5.76 Å². The Balaban J connectivity index is 1.69. The highest BCUT2D eigenvalue weighted by atomic mass is 16.5. The smallest absolute Gasteiger partial charge is 0.373 e. The van der Waals surface area contributed by atoms with E-state index in [9.17, 15) is 19.2 Å². The standard InChI is InChI=1S/C20H19NO7/c1-3-4-9-21-17(22)14-7-5-12(10-15(14)18(21)23)19(24)27-11-13-6-8-16(28-13)20(25)26-2/h5-8,10H,3-4,9,11H2,1-2H3. The summed E-state index contributed by atoms with van der Waals surface area (Å²) in [7, 11) is 1.23. The molecule has 28 heavy (non-hydrogen) atoms. The van der Waals surface area contributed by atoms with Gasteiger partial charge in [-0.3, -0.25) is 14.5 Å². The first-order chi connectivity index (χ1) is 13.5. The van der Waals surface area contributed by atoms with Crippen molar-refractivity contribution in [3.05, 3.63) is 58.5 Å². The van der Waals surface area contributed by atoms with Gasteiger partial charge in [-0.25, -0.2) is 9.59 Å². The number of carbonyl (C=O) groups is 4. The first-order valence-corrected chi connectivity index (χ1v) is 8.80. The number of amides is 2. The molecule has 2 aromatic rings. The SMILES string of the molecule is CCCCN1C(=O)c2ccc(C(=O)OCc3ccc(C(=O)OC)o3)cc2C1=O. The number of methoxy groups -OCH3 is 1. The summed E-state index contributed by atoms with van der Waals surface area (Å²) in [5.74, 6) is -1.79. The van der Waals surface area contributed by atoms with Gasteiger partial charge in [-0.2, -0.15) is 0 Å². The third-order valence-electron chi connectivity index (χ3n) is 4.34. The summed E-state index contributed by atoms with van der Waals surface area (Å²) in [6.45, 7) is 2.13. The maximum absolute atomic E-state index is 12.5. The van der Waals surface area contributed by atoms with Crippen LogP contribution in [0.2, 0.25) is 0 Å². The highest BCUT2D eigenvalue weighted by Gasteiger charge is 2.35. The zero-order valence-corrected chi connectivity index (χ0v) is 15.5. The quantitative estimate of drug-likeness (QED) is 0.533. The lowest BCUT2D eigenvalue weighted by atomic mass is 10.1. The molecule has 0 saturated carbocycles. The topological polar surface area (TPSA) is 103 Å². The Morgan fingerprint density at radius 2 is 1.79 bits per heavy atom. The number of hydrogen-bond acceptors (Lipinski definition) is 7. The van der Waals surface area contributed by atoms with Crippen molar-refractivity contribution in [1.29, 1.82) is 0 Å². The molecule has 1 aromatic heterocycles. The largest absolute Gasteiger partial charge is 0.463 e. The van der Waals surface area contributed by atoms with Crippen molar-refractivity contribution in [2.24, 2.45) is 0 Å². The number of benzene rings is 1. The van der Waals surface area contributed by atoms with E-state index in [1.54, 1.807) is 0 Å². The van der Waals surface area contributed by atoms with Gasteiger partial charge in [-0.1, -0.05) is 13.3 Å². The first-order valence-electron chi connectivity index (χ1n) is 8.80. The Morgan fingerprint density at radius 3 is 2.50 bits per heavy atom. The van der Waals surface area contributed by atoms with E-state index in [-0.39, 0.29) is 40.7 Å². The molecule has 0 saturated heterocycles. The Hall–Kier alpha value is -3.42. The van der Waals surface area contributed by atoms with Crippen molar-refractivity contribution < 1.29 is 33.1 Å². The van der Waals surface area contributed by atoms with E-state index in [1.807, 2.05) is 6.92 Å². The molecule has 1 aromatic carbocycles. The van der Waals surface area contributed by atoms with Crippen molar-refractivity contribution in [1.82, 2.24) is 4.90 Å². The Labute approximate surface area is 161 Å². The highest BCUT2D eigenvalue weighted by Crippen LogP contribution is 2.25. The molecule has 0 aliphatic carbocycles. The van der Waals surface area contributed by atoms with Crippen molar-refractivity contribution in [2.45, 2.75) is 26.4 Å². The minimum absolute atomic E-state index is 0.00218. The fourth-order valence-electron chi connectivity index (χ4n) is 2.82. The lowest BCUT2D eigenvalue weighted by Gasteiger charge is -2.12. The van der Waals surface area contributed by atoms with E-state index in [4.69, 9.17) is 9.15 Å². The van der Waals surface area contributed by atoms with Gasteiger partial charge < -0.3 is 13.9 Å². The summed E-state index contributed by atoms with van der Waals surface area (Å²) in [5, 5.41) is 0. The monoisotopic (exact) mass is 385 g/mol. The molecule has 2 heterocycles. The Morgan fingerprint density at radius 1 is 1.04 bits per heavy atom. The number of esters is 2. The third kappa shape index (κ3) is 3.66. The van der Waals surface area contributed by atoms with Gasteiger partial charge in [0.1, 0.15) is 12.4 Å². The first kappa shape index (κ1) is 19.3. The molecule has 0 radical (unpaired) electrons. The normalized spacial score (nSPS) is 12.9. The molecule has 8 heteroatoms. The molecule has 2 amide bonds. The number of ether oxygens (including phenoxy) is 2. The number of rotatable bonds is 7. The molecule has 1 aliphatic rings. The lowest BCUT2D eigenvalue weighted by Crippen LogP contribution is -2.30. The average molecular weight is 385 g/mol. The average Bonchev–Trinajstić information content (AvgIpc) is 3.28. The maximum atomic E-state index is 12.5. The molecule has 8 nitrogen and oxygen atoms in total. The number of unbranched alkanes of at least 4 members (excludes halogenated alkanes) is 1. The maximum Gasteiger partial charge on any atom is 0.373 e. The minimum atomic E-state index is -0.675. The van der Waals surface area contributed by atoms with Crippen LogP contribution >= 0.6 is 0 Å². The van der Waals surface area contributed by atoms with E-state index < -0.39 is 17.8 Å². The summed E-state index contributed by atoms with van der Waals surface area (Å²) in [6.07, 6.45) is 1.58. The number of furan rings is 1. The third-order valence-corrected chi connectivity index (χ3v) is 4.34. The molecule has 3 rings (SSSR count). The van der Waals surface area contributed by atoms with Gasteiger partial charge >= 0.3 is 11.9 Å². The molecule has 146 valence electrons. The van der Waals surface area contributed by atoms with Gasteiger partial charge in [-0.05, 0) is 36.8 Å². The van der Waals surface area contributed by atoms with Crippen LogP contribution in [-0.4, -0.2) is 42.3 Å². The minimum Gasteiger partial charge on any atom is -0.463 e. The lowest BCUT2D eigenvalue weighted by molar-refractivity contribution is 0.0438. The number of nitrogens with zero attached hydrogens (tertiary/aromatic N) is 1. The summed E-state index contributed by atoms with van der Waals surface area (Å²) < 4.78 is 14.9. The number of hydrogen-bond donors (Lipinski definition) is 0. The van der Waals surface area contributed by atoms with Crippen molar-refractivity contribution in [2.75, 3.05) is 13.7 Å². The zero-order chi connectivity index (χ0) is 20.3. The van der Waals surface area contributed by atoms with Crippen LogP contribution in [0, 0.1) is 0 Å². The van der Waals surface area contributed by atoms with Crippen molar-refractivity contribution >= 4 is 23.8 Å². The van der Waals surface area contributed by atoms with Crippen LogP contribution < -0.4 is 0 Å². The van der Waals surface area contributed by atoms with Crippen LogP contribution in [0.25, 0.3) is 0 Å². The molecular weight excluding hydrogens is 366 g/mol. The molecular formula is C20H19NO7. The molecule has 0 atom stereocenters. The van der Waals surface area contributed by atoms with Crippen LogP contribution in [0.15, 0.2) is 34.7 Å². The van der Waals surface area contributed by atoms with E-state index in [1.165, 1.54) is 42.3 Å². The van der Waals surface area contributed by atoms with E-state index in [2.05, 4.69) is 4.74 Å². The summed E-state index contributed by atoms with van der Waals surface area (Å²) in [5.41, 5.74) is 0.630. The van der Waals surface area contributed by atoms with Crippen molar-refractivity contribution in [3.63, 3.8) is 0 Å². The summed E-state index contributed by atoms with van der Waals surface area (Å²) in [4.78, 5) is 49.6. The van der Waals surface area contributed by atoms with E-state index >= 15 is 0 Å². The second-order valence-corrected chi connectivity index (χ2v) is 6.21. The zero-order valence-electron chi connectivity index (χ0n) is 15.5. The second-order valence-electron chi connectivity index (χ2n) is 6.21. The van der Waals surface area contributed by atoms with Crippen LogP contribution in [0.3, 0.4) is 0 Å². The van der Waals surface area contributed by atoms with Crippen LogP contribution in [0.5, 0.6) is 0 Å². The fraction of sp³-hybridized carbons (Fsp3) is 0.300. The number of carbonyl (C=O) groups excluding carboxylic acids is 4. The van der Waals surface area contributed by atoms with E-state index in [0.29, 0.717) is 6.54 Å². The predicted molar refractivity (Wildman–Crippen MR) is 95.9 cm³/mol. The Kier molecular flexibility index (Phi) is 5.58. The molecule has 1 aliphatic heterocycles. The molecule has 0 unspecified atom stereocenters. The van der Waals surface area contributed by atoms with Gasteiger partial charge in [0.25, 0.3) is 11.8 Å². The number of imide groups is 1. The molecule has 0 N–H and O–H groups in total. The van der Waals surface area contributed by atoms with Crippen molar-refractivity contribution in [3.8, 4) is 0 Å². The highest BCUT2D eigenvalue weighted by molar-refractivity contribution is 6.21. The predicted octanol–water partition coefficient (Wildman–Crippen LogP) is 2.82. The summed E-state index contributed by atoms with van der Waals surface area (Å²) >= 11 is 0. The van der Waals surface area contributed by atoms with E-state index in [0.717, 1.165) is 12.8 Å². The fourth-order valence-corrected chi connectivity index (χ4v) is 2.82. The van der Waals surface area contributed by atoms with Crippen LogP contribution in [-0.2, 0) is 16.1 Å². The van der Waals surface area contributed by atoms with Gasteiger partial charge in [-0.15, -0.1) is 0 Å². The van der Waals surface area contributed by atoms with Gasteiger partial charge in [0.05, 0.1) is 23.8 Å². The van der Waals surface area contributed by atoms with Crippen LogP contribution in [0.4, 0.5) is 0 Å². The Bertz CT molecular complexity index is 944. The summed E-state index contributed by atoms with van der Waals surface area (Å²) in [6, 6.07) is 7.18.